The first-order chi connectivity index (χ1) is 10.7. The van der Waals surface area contributed by atoms with Gasteiger partial charge in [-0.1, -0.05) is 11.6 Å². The first-order valence-electron chi connectivity index (χ1n) is 7.87. The molecular weight excluding hydrogens is 371 g/mol. The molecule has 2 saturated heterocycles. The molecule has 4 heterocycles. The predicted octanol–water partition coefficient (Wildman–Crippen LogP) is 3.05. The summed E-state index contributed by atoms with van der Waals surface area (Å²) in [4.78, 5) is 19.3. The molecule has 0 radical (unpaired) electrons. The number of pyridine rings is 1. The number of aromatic nitrogens is 2. The summed E-state index contributed by atoms with van der Waals surface area (Å²) in [6, 6.07) is 2.35. The molecular formula is C16H21Cl3N4O. The van der Waals surface area contributed by atoms with Gasteiger partial charge in [0.25, 0.3) is 5.91 Å². The summed E-state index contributed by atoms with van der Waals surface area (Å²) >= 11 is 6.09. The SMILES string of the molecule is Cl.Cl.O=C(NC[C@@H]1CCN2CCC[C@@H]12)c1cc(Cl)cn2ccnc12. The van der Waals surface area contributed by atoms with Gasteiger partial charge in [-0.15, -0.1) is 24.8 Å². The van der Waals surface area contributed by atoms with Crippen LogP contribution in [0, 0.1) is 5.92 Å². The van der Waals surface area contributed by atoms with Crippen LogP contribution < -0.4 is 5.32 Å². The summed E-state index contributed by atoms with van der Waals surface area (Å²) in [5, 5.41) is 3.63. The molecule has 0 saturated carbocycles. The standard InChI is InChI=1S/C16H19ClN4O.2ClH/c17-12-8-13(15-18-4-7-21(15)10-12)16(22)19-9-11-3-6-20-5-1-2-14(11)20;;/h4,7-8,10-11,14H,1-3,5-6,9H2,(H,19,22);2*1H/t11-,14-;;/m0../s1. The molecule has 8 heteroatoms. The van der Waals surface area contributed by atoms with Gasteiger partial charge in [0.05, 0.1) is 10.6 Å². The number of halogens is 3. The second kappa shape index (κ2) is 7.91. The van der Waals surface area contributed by atoms with Crippen molar-refractivity contribution in [3.63, 3.8) is 0 Å². The Bertz CT molecular complexity index is 720. The molecule has 2 aliphatic heterocycles. The molecule has 2 fully saturated rings. The van der Waals surface area contributed by atoms with Gasteiger partial charge in [0.15, 0.2) is 0 Å². The molecule has 0 unspecified atom stereocenters. The third-order valence-electron chi connectivity index (χ3n) is 4.97. The number of imidazole rings is 1. The van der Waals surface area contributed by atoms with Crippen LogP contribution in [-0.4, -0.2) is 45.9 Å². The fraction of sp³-hybridized carbons (Fsp3) is 0.500. The molecule has 2 aromatic rings. The van der Waals surface area contributed by atoms with Crippen molar-refractivity contribution in [2.75, 3.05) is 19.6 Å². The highest BCUT2D eigenvalue weighted by molar-refractivity contribution is 6.31. The Morgan fingerprint density at radius 3 is 3.00 bits per heavy atom. The van der Waals surface area contributed by atoms with Crippen LogP contribution in [0.2, 0.25) is 5.02 Å². The molecule has 2 aromatic heterocycles. The molecule has 0 aromatic carbocycles. The van der Waals surface area contributed by atoms with Gasteiger partial charge < -0.3 is 14.6 Å². The van der Waals surface area contributed by atoms with E-state index in [0.717, 1.165) is 6.54 Å². The van der Waals surface area contributed by atoms with Gasteiger partial charge in [0, 0.05) is 31.2 Å². The number of amides is 1. The van der Waals surface area contributed by atoms with E-state index in [4.69, 9.17) is 11.6 Å². The van der Waals surface area contributed by atoms with Gasteiger partial charge in [-0.25, -0.2) is 4.98 Å². The van der Waals surface area contributed by atoms with Crippen LogP contribution in [0.4, 0.5) is 0 Å². The van der Waals surface area contributed by atoms with E-state index in [9.17, 15) is 4.79 Å². The van der Waals surface area contributed by atoms with Crippen LogP contribution in [0.15, 0.2) is 24.7 Å². The van der Waals surface area contributed by atoms with E-state index in [1.807, 2.05) is 0 Å². The Balaban J connectivity index is 0.00000104. The van der Waals surface area contributed by atoms with E-state index in [2.05, 4.69) is 15.2 Å². The minimum absolute atomic E-state index is 0. The average Bonchev–Trinajstić information content (AvgIpc) is 3.20. The summed E-state index contributed by atoms with van der Waals surface area (Å²) in [7, 11) is 0. The van der Waals surface area contributed by atoms with Crippen molar-refractivity contribution in [3.05, 3.63) is 35.2 Å². The van der Waals surface area contributed by atoms with Crippen LogP contribution >= 0.6 is 36.4 Å². The number of rotatable bonds is 3. The minimum atomic E-state index is -0.0878. The fourth-order valence-corrected chi connectivity index (χ4v) is 4.12. The topological polar surface area (TPSA) is 49.6 Å². The molecule has 132 valence electrons. The van der Waals surface area contributed by atoms with Gasteiger partial charge >= 0.3 is 0 Å². The van der Waals surface area contributed by atoms with E-state index < -0.39 is 0 Å². The monoisotopic (exact) mass is 390 g/mol. The van der Waals surface area contributed by atoms with Gasteiger partial charge in [-0.05, 0) is 44.3 Å². The van der Waals surface area contributed by atoms with Gasteiger partial charge in [-0.3, -0.25) is 4.79 Å². The molecule has 0 spiro atoms. The van der Waals surface area contributed by atoms with Crippen LogP contribution in [-0.2, 0) is 0 Å². The van der Waals surface area contributed by atoms with E-state index >= 15 is 0 Å². The van der Waals surface area contributed by atoms with E-state index in [0.29, 0.717) is 28.2 Å². The number of hydrogen-bond acceptors (Lipinski definition) is 3. The molecule has 2 atom stereocenters. The summed E-state index contributed by atoms with van der Waals surface area (Å²) in [5.74, 6) is 0.483. The predicted molar refractivity (Wildman–Crippen MR) is 99.7 cm³/mol. The Hall–Kier alpha value is -1.01. The lowest BCUT2D eigenvalue weighted by atomic mass is 9.98. The van der Waals surface area contributed by atoms with E-state index in [1.165, 1.54) is 32.4 Å². The maximum absolute atomic E-state index is 12.5. The first-order valence-corrected chi connectivity index (χ1v) is 8.24. The maximum Gasteiger partial charge on any atom is 0.255 e. The van der Waals surface area contributed by atoms with E-state index in [1.54, 1.807) is 29.1 Å². The molecule has 0 aliphatic carbocycles. The van der Waals surface area contributed by atoms with Crippen molar-refractivity contribution in [2.24, 2.45) is 5.92 Å². The zero-order valence-electron chi connectivity index (χ0n) is 13.2. The average molecular weight is 392 g/mol. The smallest absolute Gasteiger partial charge is 0.255 e. The third-order valence-corrected chi connectivity index (χ3v) is 5.18. The normalized spacial score (nSPS) is 22.7. The van der Waals surface area contributed by atoms with Crippen molar-refractivity contribution >= 4 is 48.0 Å². The van der Waals surface area contributed by atoms with Crippen molar-refractivity contribution in [1.29, 1.82) is 0 Å². The lowest BCUT2D eigenvalue weighted by molar-refractivity contribution is 0.0945. The van der Waals surface area contributed by atoms with Crippen molar-refractivity contribution < 1.29 is 4.79 Å². The van der Waals surface area contributed by atoms with Gasteiger partial charge in [-0.2, -0.15) is 0 Å². The maximum atomic E-state index is 12.5. The highest BCUT2D eigenvalue weighted by Gasteiger charge is 2.37. The lowest BCUT2D eigenvalue weighted by Crippen LogP contribution is -2.35. The first kappa shape index (κ1) is 19.3. The molecule has 1 N–H and O–H groups in total. The zero-order valence-corrected chi connectivity index (χ0v) is 15.5. The fourth-order valence-electron chi connectivity index (χ4n) is 3.91. The Kier molecular flexibility index (Phi) is 6.37. The second-order valence-electron chi connectivity index (χ2n) is 6.23. The van der Waals surface area contributed by atoms with Gasteiger partial charge in [0.1, 0.15) is 5.65 Å². The Morgan fingerprint density at radius 1 is 1.33 bits per heavy atom. The van der Waals surface area contributed by atoms with Gasteiger partial charge in [0.2, 0.25) is 0 Å². The van der Waals surface area contributed by atoms with Crippen molar-refractivity contribution in [3.8, 4) is 0 Å². The Morgan fingerprint density at radius 2 is 2.17 bits per heavy atom. The van der Waals surface area contributed by atoms with Crippen molar-refractivity contribution in [1.82, 2.24) is 19.6 Å². The number of nitrogens with one attached hydrogen (secondary N) is 1. The molecule has 24 heavy (non-hydrogen) atoms. The van der Waals surface area contributed by atoms with Crippen LogP contribution in [0.3, 0.4) is 0 Å². The molecule has 1 amide bonds. The number of carbonyl (C=O) groups is 1. The highest BCUT2D eigenvalue weighted by atomic mass is 35.5. The number of carbonyl (C=O) groups excluding carboxylic acids is 1. The summed E-state index contributed by atoms with van der Waals surface area (Å²) in [6.07, 6.45) is 8.97. The summed E-state index contributed by atoms with van der Waals surface area (Å²) < 4.78 is 1.78. The highest BCUT2D eigenvalue weighted by Crippen LogP contribution is 2.32. The van der Waals surface area contributed by atoms with Crippen LogP contribution in [0.5, 0.6) is 0 Å². The lowest BCUT2D eigenvalue weighted by Gasteiger charge is -2.20. The van der Waals surface area contributed by atoms with Crippen molar-refractivity contribution in [2.45, 2.75) is 25.3 Å². The number of fused-ring (bicyclic) bond motifs is 2. The third kappa shape index (κ3) is 3.49. The molecule has 2 aliphatic rings. The summed E-state index contributed by atoms with van der Waals surface area (Å²) in [6.45, 7) is 3.13. The number of hydrogen-bond donors (Lipinski definition) is 1. The molecule has 5 nitrogen and oxygen atoms in total. The Labute approximate surface area is 158 Å². The molecule has 4 rings (SSSR count). The zero-order chi connectivity index (χ0) is 15.1. The largest absolute Gasteiger partial charge is 0.352 e. The second-order valence-corrected chi connectivity index (χ2v) is 6.67. The van der Waals surface area contributed by atoms with E-state index in [-0.39, 0.29) is 30.7 Å². The van der Waals surface area contributed by atoms with Crippen LogP contribution in [0.25, 0.3) is 5.65 Å². The number of nitrogens with zero attached hydrogens (tertiary/aromatic N) is 3. The minimum Gasteiger partial charge on any atom is -0.352 e. The summed E-state index contributed by atoms with van der Waals surface area (Å²) in [5.41, 5.74) is 1.19. The molecule has 0 bridgehead atoms. The van der Waals surface area contributed by atoms with Crippen LogP contribution in [0.1, 0.15) is 29.6 Å². The quantitative estimate of drug-likeness (QED) is 0.875.